The van der Waals surface area contributed by atoms with Crippen LogP contribution in [0.2, 0.25) is 0 Å². The molecular weight excluding hydrogens is 484 g/mol. The van der Waals surface area contributed by atoms with Crippen LogP contribution in [0.15, 0.2) is 36.7 Å². The Kier molecular flexibility index (Phi) is 5.74. The van der Waals surface area contributed by atoms with Crippen molar-refractivity contribution in [2.45, 2.75) is 50.9 Å². The van der Waals surface area contributed by atoms with Gasteiger partial charge in [0.1, 0.15) is 12.9 Å². The van der Waals surface area contributed by atoms with Gasteiger partial charge in [0.25, 0.3) is 0 Å². The third-order valence-electron chi connectivity index (χ3n) is 8.71. The second-order valence-electron chi connectivity index (χ2n) is 10.7. The van der Waals surface area contributed by atoms with Crippen molar-refractivity contribution in [1.29, 1.82) is 0 Å². The molecule has 1 amide bonds. The SMILES string of the molecule is Cc1c(C2CN3CCN(C(=O)C4CCCc5cc(-n6cnnn6)ccc54)CC3CO2)ccc2c1COC2=O. The molecule has 196 valence electrons. The number of morpholine rings is 1. The number of aryl methyl sites for hydroxylation is 1. The number of hydrogen-bond donors (Lipinski definition) is 0. The number of tetrazole rings is 1. The molecule has 2 saturated heterocycles. The molecule has 7 rings (SSSR count). The Morgan fingerprint density at radius 1 is 1.11 bits per heavy atom. The second kappa shape index (κ2) is 9.28. The first-order chi connectivity index (χ1) is 18.6. The summed E-state index contributed by atoms with van der Waals surface area (Å²) < 4.78 is 13.2. The highest BCUT2D eigenvalue weighted by Gasteiger charge is 2.39. The van der Waals surface area contributed by atoms with Gasteiger partial charge in [-0.05, 0) is 77.1 Å². The average Bonchev–Trinajstić information content (AvgIpc) is 3.63. The maximum Gasteiger partial charge on any atom is 0.338 e. The number of amides is 1. The number of cyclic esters (lactones) is 1. The predicted molar refractivity (Wildman–Crippen MR) is 136 cm³/mol. The first kappa shape index (κ1) is 23.5. The fourth-order valence-electron chi connectivity index (χ4n) is 6.59. The van der Waals surface area contributed by atoms with E-state index < -0.39 is 0 Å². The molecule has 3 atom stereocenters. The molecule has 4 aliphatic rings. The van der Waals surface area contributed by atoms with Gasteiger partial charge in [-0.15, -0.1) is 5.10 Å². The van der Waals surface area contributed by atoms with Gasteiger partial charge in [-0.25, -0.2) is 9.48 Å². The number of carbonyl (C=O) groups excluding carboxylic acids is 2. The Bertz CT molecular complexity index is 1410. The summed E-state index contributed by atoms with van der Waals surface area (Å²) in [7, 11) is 0. The van der Waals surface area contributed by atoms with Crippen molar-refractivity contribution in [3.8, 4) is 5.69 Å². The largest absolute Gasteiger partial charge is 0.457 e. The van der Waals surface area contributed by atoms with Gasteiger partial charge in [0, 0.05) is 31.7 Å². The van der Waals surface area contributed by atoms with Crippen LogP contribution >= 0.6 is 0 Å². The van der Waals surface area contributed by atoms with Crippen molar-refractivity contribution in [2.75, 3.05) is 32.8 Å². The number of benzene rings is 2. The molecule has 38 heavy (non-hydrogen) atoms. The predicted octanol–water partition coefficient (Wildman–Crippen LogP) is 2.35. The number of carbonyl (C=O) groups is 2. The van der Waals surface area contributed by atoms with Gasteiger partial charge in [0.05, 0.1) is 35.9 Å². The molecule has 1 aliphatic carbocycles. The van der Waals surface area contributed by atoms with Crippen molar-refractivity contribution in [3.63, 3.8) is 0 Å². The first-order valence-electron chi connectivity index (χ1n) is 13.4. The van der Waals surface area contributed by atoms with Gasteiger partial charge < -0.3 is 14.4 Å². The van der Waals surface area contributed by atoms with Crippen LogP contribution in [0.1, 0.15) is 63.0 Å². The van der Waals surface area contributed by atoms with E-state index in [1.807, 2.05) is 23.1 Å². The Labute approximate surface area is 220 Å². The zero-order valence-electron chi connectivity index (χ0n) is 21.4. The summed E-state index contributed by atoms with van der Waals surface area (Å²) in [6.07, 6.45) is 4.37. The fraction of sp³-hybridized carbons (Fsp3) is 0.464. The lowest BCUT2D eigenvalue weighted by Crippen LogP contribution is -2.60. The number of nitrogens with zero attached hydrogens (tertiary/aromatic N) is 6. The monoisotopic (exact) mass is 514 g/mol. The van der Waals surface area contributed by atoms with Gasteiger partial charge in [-0.1, -0.05) is 12.1 Å². The molecule has 0 spiro atoms. The van der Waals surface area contributed by atoms with Crippen LogP contribution in [0, 0.1) is 6.92 Å². The molecule has 3 unspecified atom stereocenters. The number of ether oxygens (including phenoxy) is 2. The zero-order chi connectivity index (χ0) is 25.8. The quantitative estimate of drug-likeness (QED) is 0.491. The van der Waals surface area contributed by atoms with E-state index >= 15 is 0 Å². The van der Waals surface area contributed by atoms with Crippen molar-refractivity contribution < 1.29 is 19.1 Å². The lowest BCUT2D eigenvalue weighted by atomic mass is 9.81. The molecule has 1 aromatic heterocycles. The van der Waals surface area contributed by atoms with Crippen LogP contribution < -0.4 is 0 Å². The fourth-order valence-corrected chi connectivity index (χ4v) is 6.59. The maximum atomic E-state index is 13.8. The highest BCUT2D eigenvalue weighted by molar-refractivity contribution is 5.94. The molecule has 10 heteroatoms. The van der Waals surface area contributed by atoms with E-state index in [4.69, 9.17) is 9.47 Å². The van der Waals surface area contributed by atoms with Gasteiger partial charge in [0.2, 0.25) is 5.91 Å². The summed E-state index contributed by atoms with van der Waals surface area (Å²) >= 11 is 0. The zero-order valence-corrected chi connectivity index (χ0v) is 21.4. The molecule has 0 bridgehead atoms. The molecule has 0 saturated carbocycles. The lowest BCUT2D eigenvalue weighted by Gasteiger charge is -2.47. The molecule has 0 radical (unpaired) electrons. The van der Waals surface area contributed by atoms with Gasteiger partial charge in [0.15, 0.2) is 0 Å². The second-order valence-corrected chi connectivity index (χ2v) is 10.7. The standard InChI is InChI=1S/C28H30N6O4/c1-17-21(7-8-24-25(17)15-38-28(24)36)26-13-32-9-10-33(12-20(32)14-37-26)27(35)23-4-2-3-18-11-19(5-6-22(18)23)34-16-29-30-31-34/h5-8,11,16,20,23,26H,2-4,9-10,12-15H2,1H3. The number of hydrogen-bond acceptors (Lipinski definition) is 8. The van der Waals surface area contributed by atoms with E-state index in [0.29, 0.717) is 25.3 Å². The van der Waals surface area contributed by atoms with E-state index in [1.165, 1.54) is 5.56 Å². The Morgan fingerprint density at radius 3 is 2.87 bits per heavy atom. The van der Waals surface area contributed by atoms with Crippen molar-refractivity contribution >= 4 is 11.9 Å². The Balaban J connectivity index is 1.04. The molecule has 4 heterocycles. The van der Waals surface area contributed by atoms with Crippen LogP contribution in [0.4, 0.5) is 0 Å². The normalized spacial score (nSPS) is 24.9. The van der Waals surface area contributed by atoms with Crippen LogP contribution in [0.3, 0.4) is 0 Å². The van der Waals surface area contributed by atoms with E-state index in [1.54, 1.807) is 11.0 Å². The number of aromatic nitrogens is 4. The third kappa shape index (κ3) is 3.90. The van der Waals surface area contributed by atoms with Gasteiger partial charge in [-0.2, -0.15) is 0 Å². The van der Waals surface area contributed by atoms with Crippen LogP contribution in [-0.4, -0.2) is 80.7 Å². The smallest absolute Gasteiger partial charge is 0.338 e. The topological polar surface area (TPSA) is 103 Å². The number of rotatable bonds is 3. The summed E-state index contributed by atoms with van der Waals surface area (Å²) in [5.74, 6) is -0.125. The lowest BCUT2D eigenvalue weighted by molar-refractivity contribution is -0.142. The number of piperazine rings is 1. The highest BCUT2D eigenvalue weighted by atomic mass is 16.5. The van der Waals surface area contributed by atoms with Gasteiger partial charge >= 0.3 is 5.97 Å². The van der Waals surface area contributed by atoms with Crippen molar-refractivity contribution in [2.24, 2.45) is 0 Å². The van der Waals surface area contributed by atoms with E-state index in [0.717, 1.165) is 66.8 Å². The van der Waals surface area contributed by atoms with Crippen molar-refractivity contribution in [3.05, 3.63) is 70.0 Å². The number of fused-ring (bicyclic) bond motifs is 3. The molecule has 3 aromatic rings. The van der Waals surface area contributed by atoms with E-state index in [9.17, 15) is 9.59 Å². The molecule has 2 fully saturated rings. The van der Waals surface area contributed by atoms with E-state index in [2.05, 4.69) is 39.5 Å². The summed E-state index contributed by atoms with van der Waals surface area (Å²) in [5, 5.41) is 11.5. The maximum absolute atomic E-state index is 13.8. The first-order valence-corrected chi connectivity index (χ1v) is 13.4. The minimum atomic E-state index is -0.242. The minimum absolute atomic E-state index is 0.0471. The van der Waals surface area contributed by atoms with Crippen molar-refractivity contribution in [1.82, 2.24) is 30.0 Å². The molecule has 3 aliphatic heterocycles. The summed E-state index contributed by atoms with van der Waals surface area (Å²) in [6.45, 7) is 6.00. The number of esters is 1. The Morgan fingerprint density at radius 2 is 2.00 bits per heavy atom. The Hall–Kier alpha value is -3.63. The molecular formula is C28H30N6O4. The molecule has 2 aromatic carbocycles. The highest BCUT2D eigenvalue weighted by Crippen LogP contribution is 2.36. The molecule has 0 N–H and O–H groups in total. The summed E-state index contributed by atoms with van der Waals surface area (Å²) in [4.78, 5) is 30.2. The minimum Gasteiger partial charge on any atom is -0.457 e. The molecule has 10 nitrogen and oxygen atoms in total. The summed E-state index contributed by atoms with van der Waals surface area (Å²) in [5.41, 5.74) is 7.12. The van der Waals surface area contributed by atoms with Crippen LogP contribution in [0.5, 0.6) is 0 Å². The summed E-state index contributed by atoms with van der Waals surface area (Å²) in [6, 6.07) is 10.3. The van der Waals surface area contributed by atoms with Crippen LogP contribution in [-0.2, 0) is 27.3 Å². The average molecular weight is 515 g/mol. The van der Waals surface area contributed by atoms with Crippen LogP contribution in [0.25, 0.3) is 5.69 Å². The van der Waals surface area contributed by atoms with E-state index in [-0.39, 0.29) is 29.9 Å². The van der Waals surface area contributed by atoms with Gasteiger partial charge in [-0.3, -0.25) is 9.69 Å². The third-order valence-corrected chi connectivity index (χ3v) is 8.71.